The van der Waals surface area contributed by atoms with E-state index in [9.17, 15) is 5.11 Å². The molecule has 0 atom stereocenters. The van der Waals surface area contributed by atoms with Crippen LogP contribution in [-0.4, -0.2) is 9.69 Å². The Hall–Kier alpha value is 0.340. The Morgan fingerprint density at radius 1 is 1.43 bits per heavy atom. The van der Waals surface area contributed by atoms with Gasteiger partial charge in [0.25, 0.3) is 0 Å². The summed E-state index contributed by atoms with van der Waals surface area (Å²) in [6.07, 6.45) is 0. The molecule has 42 valence electrons. The van der Waals surface area contributed by atoms with Crippen molar-refractivity contribution in [1.82, 2.24) is 0 Å². The number of hydrogen-bond donors (Lipinski definition) is 1. The van der Waals surface area contributed by atoms with Crippen LogP contribution in [0.4, 0.5) is 0 Å². The first kappa shape index (κ1) is 7.34. The van der Waals surface area contributed by atoms with Crippen molar-refractivity contribution in [1.29, 1.82) is 5.41 Å². The van der Waals surface area contributed by atoms with Crippen LogP contribution in [-0.2, 0) is 0 Å². The van der Waals surface area contributed by atoms with Crippen LogP contribution in [0.15, 0.2) is 0 Å². The highest BCUT2D eigenvalue weighted by atomic mass is 35.6. The molecule has 0 unspecified atom stereocenters. The van der Waals surface area contributed by atoms with E-state index in [1.165, 1.54) is 0 Å². The first-order valence-electron chi connectivity index (χ1n) is 1.27. The van der Waals surface area contributed by atoms with Gasteiger partial charge in [-0.05, 0) is 0 Å². The Bertz CT molecular complexity index is 85.4. The molecule has 1 N–H and O–H groups in total. The Labute approximate surface area is 55.5 Å². The van der Waals surface area contributed by atoms with Crippen molar-refractivity contribution >= 4 is 40.7 Å². The average molecular weight is 161 g/mol. The summed E-state index contributed by atoms with van der Waals surface area (Å²) >= 11 is 14.6. The van der Waals surface area contributed by atoms with Crippen LogP contribution in [0.25, 0.3) is 0 Å². The fourth-order valence-electron chi connectivity index (χ4n) is 0. The molecule has 0 aromatic carbocycles. The lowest BCUT2D eigenvalue weighted by Crippen LogP contribution is -2.30. The quantitative estimate of drug-likeness (QED) is 0.317. The number of halogens is 3. The standard InChI is InChI=1S/C2H2Cl3NO/c3-2(4,5)1(6)7/h(H2,6,7)/p-1. The molecule has 0 bridgehead atoms. The molecule has 0 radical (unpaired) electrons. The fraction of sp³-hybridized carbons (Fsp3) is 0.500. The van der Waals surface area contributed by atoms with Gasteiger partial charge in [0.15, 0.2) is 0 Å². The van der Waals surface area contributed by atoms with E-state index >= 15 is 0 Å². The van der Waals surface area contributed by atoms with E-state index in [0.717, 1.165) is 0 Å². The van der Waals surface area contributed by atoms with E-state index in [-0.39, 0.29) is 0 Å². The van der Waals surface area contributed by atoms with Crippen molar-refractivity contribution in [2.45, 2.75) is 3.79 Å². The highest BCUT2D eigenvalue weighted by Crippen LogP contribution is 2.24. The highest BCUT2D eigenvalue weighted by Gasteiger charge is 2.17. The zero-order valence-electron chi connectivity index (χ0n) is 3.04. The van der Waals surface area contributed by atoms with Crippen LogP contribution in [0.3, 0.4) is 0 Å². The zero-order valence-corrected chi connectivity index (χ0v) is 5.31. The van der Waals surface area contributed by atoms with Crippen molar-refractivity contribution in [2.75, 3.05) is 0 Å². The Morgan fingerprint density at radius 2 is 1.57 bits per heavy atom. The predicted octanol–water partition coefficient (Wildman–Crippen LogP) is 0.694. The number of alkyl halides is 3. The topological polar surface area (TPSA) is 46.9 Å². The highest BCUT2D eigenvalue weighted by molar-refractivity contribution is 6.75. The molecule has 2 nitrogen and oxygen atoms in total. The summed E-state index contributed by atoms with van der Waals surface area (Å²) in [4.78, 5) is 0. The first-order chi connectivity index (χ1) is 2.94. The molecule has 0 saturated heterocycles. The van der Waals surface area contributed by atoms with E-state index < -0.39 is 9.69 Å². The van der Waals surface area contributed by atoms with E-state index in [0.29, 0.717) is 0 Å². The van der Waals surface area contributed by atoms with Gasteiger partial charge in [-0.2, -0.15) is 0 Å². The van der Waals surface area contributed by atoms with Crippen molar-refractivity contribution in [3.8, 4) is 0 Å². The molecule has 0 aliphatic rings. The summed E-state index contributed by atoms with van der Waals surface area (Å²) < 4.78 is -2.06. The predicted molar refractivity (Wildman–Crippen MR) is 28.0 cm³/mol. The maximum Gasteiger partial charge on any atom is 0.218 e. The van der Waals surface area contributed by atoms with Crippen LogP contribution < -0.4 is 5.11 Å². The van der Waals surface area contributed by atoms with Crippen LogP contribution in [0, 0.1) is 5.41 Å². The third kappa shape index (κ3) is 2.97. The summed E-state index contributed by atoms with van der Waals surface area (Å²) in [6, 6.07) is 0. The smallest absolute Gasteiger partial charge is 0.218 e. The van der Waals surface area contributed by atoms with E-state index in [1.54, 1.807) is 0 Å². The minimum Gasteiger partial charge on any atom is -0.859 e. The average Bonchev–Trinajstić information content (AvgIpc) is 1.31. The largest absolute Gasteiger partial charge is 0.859 e. The first-order valence-corrected chi connectivity index (χ1v) is 2.40. The fourth-order valence-corrected chi connectivity index (χ4v) is 0. The SMILES string of the molecule is N=C([O-])C(Cl)(Cl)Cl. The molecular formula is C2HCl3NO-. The van der Waals surface area contributed by atoms with Crippen molar-refractivity contribution in [2.24, 2.45) is 0 Å². The van der Waals surface area contributed by atoms with Gasteiger partial charge in [0.2, 0.25) is 3.79 Å². The molecule has 0 aromatic rings. The van der Waals surface area contributed by atoms with Crippen molar-refractivity contribution in [3.05, 3.63) is 0 Å². The maximum absolute atomic E-state index is 9.74. The Morgan fingerprint density at radius 3 is 1.57 bits per heavy atom. The third-order valence-electron chi connectivity index (χ3n) is 0.257. The molecule has 7 heavy (non-hydrogen) atoms. The summed E-state index contributed by atoms with van der Waals surface area (Å²) in [5.41, 5.74) is 0. The van der Waals surface area contributed by atoms with Crippen molar-refractivity contribution in [3.63, 3.8) is 0 Å². The lowest BCUT2D eigenvalue weighted by molar-refractivity contribution is -0.219. The van der Waals surface area contributed by atoms with Gasteiger partial charge in [0.1, 0.15) is 0 Å². The van der Waals surface area contributed by atoms with Gasteiger partial charge < -0.3 is 10.5 Å². The minimum absolute atomic E-state index is 1.21. The molecule has 0 amide bonds. The van der Waals surface area contributed by atoms with Gasteiger partial charge in [-0.15, -0.1) is 0 Å². The normalized spacial score (nSPS) is 11.3. The molecule has 0 aliphatic carbocycles. The van der Waals surface area contributed by atoms with Gasteiger partial charge in [0.05, 0.1) is 0 Å². The van der Waals surface area contributed by atoms with Gasteiger partial charge in [-0.3, -0.25) is 0 Å². The molecule has 0 fully saturated rings. The van der Waals surface area contributed by atoms with Gasteiger partial charge >= 0.3 is 0 Å². The summed E-state index contributed by atoms with van der Waals surface area (Å²) in [6.45, 7) is 0. The monoisotopic (exact) mass is 160 g/mol. The second kappa shape index (κ2) is 2.07. The van der Waals surface area contributed by atoms with E-state index in [4.69, 9.17) is 40.2 Å². The van der Waals surface area contributed by atoms with Gasteiger partial charge in [-0.1, -0.05) is 34.8 Å². The van der Waals surface area contributed by atoms with Gasteiger partial charge in [0, 0.05) is 5.90 Å². The van der Waals surface area contributed by atoms with Crippen LogP contribution in [0.5, 0.6) is 0 Å². The molecule has 0 heterocycles. The van der Waals surface area contributed by atoms with Crippen LogP contribution in [0.1, 0.15) is 0 Å². The lowest BCUT2D eigenvalue weighted by atomic mass is 10.8. The number of nitrogens with one attached hydrogen (secondary N) is 1. The zero-order chi connectivity index (χ0) is 6.08. The van der Waals surface area contributed by atoms with Gasteiger partial charge in [-0.25, -0.2) is 0 Å². The molecule has 5 heteroatoms. The van der Waals surface area contributed by atoms with Crippen LogP contribution >= 0.6 is 34.8 Å². The number of hydrogen-bond acceptors (Lipinski definition) is 2. The van der Waals surface area contributed by atoms with Crippen molar-refractivity contribution < 1.29 is 5.11 Å². The lowest BCUT2D eigenvalue weighted by Gasteiger charge is -2.14. The second-order valence-corrected chi connectivity index (χ2v) is 3.11. The molecule has 0 aliphatic heterocycles. The Kier molecular flexibility index (Phi) is 2.17. The maximum atomic E-state index is 9.74. The molecule has 0 spiro atoms. The van der Waals surface area contributed by atoms with E-state index in [2.05, 4.69) is 0 Å². The van der Waals surface area contributed by atoms with E-state index in [1.807, 2.05) is 0 Å². The third-order valence-corrected chi connectivity index (χ3v) is 0.772. The molecular weight excluding hydrogens is 160 g/mol. The summed E-state index contributed by atoms with van der Waals surface area (Å²) in [5.74, 6) is -1.21. The molecule has 0 saturated carbocycles. The summed E-state index contributed by atoms with van der Waals surface area (Å²) in [7, 11) is 0. The Balaban J connectivity index is 3.79. The summed E-state index contributed by atoms with van der Waals surface area (Å²) in [5, 5.41) is 15.9. The van der Waals surface area contributed by atoms with Crippen LogP contribution in [0.2, 0.25) is 0 Å². The minimum atomic E-state index is -2.06. The number of rotatable bonds is 0. The molecule has 0 aromatic heterocycles. The second-order valence-electron chi connectivity index (χ2n) is 0.827. The molecule has 0 rings (SSSR count).